The van der Waals surface area contributed by atoms with Gasteiger partial charge in [0.2, 0.25) is 0 Å². The van der Waals surface area contributed by atoms with Crippen LogP contribution in [-0.2, 0) is 4.74 Å². The van der Waals surface area contributed by atoms with Gasteiger partial charge in [-0.15, -0.1) is 0 Å². The summed E-state index contributed by atoms with van der Waals surface area (Å²) < 4.78 is 5.51. The number of carbonyl (C=O) groups is 1. The van der Waals surface area contributed by atoms with Gasteiger partial charge in [-0.25, -0.2) is 0 Å². The predicted molar refractivity (Wildman–Crippen MR) is 79.0 cm³/mol. The van der Waals surface area contributed by atoms with Crippen molar-refractivity contribution in [1.29, 1.82) is 0 Å². The summed E-state index contributed by atoms with van der Waals surface area (Å²) in [6.45, 7) is 8.20. The summed E-state index contributed by atoms with van der Waals surface area (Å²) in [6, 6.07) is 1.90. The topological polar surface area (TPSA) is 63.2 Å². The highest BCUT2D eigenvalue weighted by Crippen LogP contribution is 2.20. The van der Waals surface area contributed by atoms with Gasteiger partial charge in [0.05, 0.1) is 17.4 Å². The van der Waals surface area contributed by atoms with Crippen LogP contribution in [0, 0.1) is 12.8 Å². The lowest BCUT2D eigenvalue weighted by molar-refractivity contribution is 0.0908. The number of carbonyl (C=O) groups excluding carboxylic acids is 1. The van der Waals surface area contributed by atoms with Crippen molar-refractivity contribution in [2.75, 3.05) is 25.0 Å². The molecular weight excluding hydrogens is 254 g/mol. The maximum Gasteiger partial charge on any atom is 0.254 e. The molecule has 2 unspecified atom stereocenters. The van der Waals surface area contributed by atoms with E-state index < -0.39 is 0 Å². The number of hydrogen-bond acceptors (Lipinski definition) is 4. The molecule has 1 aliphatic rings. The minimum Gasteiger partial charge on any atom is -0.385 e. The largest absolute Gasteiger partial charge is 0.385 e. The molecule has 1 aromatic rings. The van der Waals surface area contributed by atoms with Crippen LogP contribution in [0.4, 0.5) is 5.69 Å². The Hall–Kier alpha value is -1.62. The third-order valence-electron chi connectivity index (χ3n) is 3.71. The van der Waals surface area contributed by atoms with Gasteiger partial charge in [0.1, 0.15) is 0 Å². The third kappa shape index (κ3) is 3.48. The second kappa shape index (κ2) is 6.70. The van der Waals surface area contributed by atoms with Crippen LogP contribution >= 0.6 is 0 Å². The average molecular weight is 277 g/mol. The van der Waals surface area contributed by atoms with Crippen molar-refractivity contribution in [1.82, 2.24) is 10.3 Å². The van der Waals surface area contributed by atoms with E-state index in [9.17, 15) is 4.79 Å². The first kappa shape index (κ1) is 14.8. The van der Waals surface area contributed by atoms with E-state index in [0.29, 0.717) is 18.0 Å². The first-order chi connectivity index (χ1) is 9.61. The van der Waals surface area contributed by atoms with Crippen LogP contribution in [0.3, 0.4) is 0 Å². The van der Waals surface area contributed by atoms with Gasteiger partial charge < -0.3 is 15.4 Å². The first-order valence-electron chi connectivity index (χ1n) is 7.22. The van der Waals surface area contributed by atoms with E-state index in [1.54, 1.807) is 6.20 Å². The number of pyridine rings is 1. The number of anilines is 1. The minimum atomic E-state index is -0.0763. The molecule has 2 rings (SSSR count). The lowest BCUT2D eigenvalue weighted by Crippen LogP contribution is -2.32. The van der Waals surface area contributed by atoms with Crippen LogP contribution in [0.1, 0.15) is 36.3 Å². The number of nitrogens with zero attached hydrogens (tertiary/aromatic N) is 1. The second-order valence-corrected chi connectivity index (χ2v) is 5.24. The van der Waals surface area contributed by atoms with Crippen molar-refractivity contribution in [3.05, 3.63) is 23.5 Å². The van der Waals surface area contributed by atoms with E-state index >= 15 is 0 Å². The average Bonchev–Trinajstić information content (AvgIpc) is 2.82. The Kier molecular flexibility index (Phi) is 4.95. The van der Waals surface area contributed by atoms with E-state index in [1.807, 2.05) is 19.9 Å². The molecule has 0 radical (unpaired) electrons. The minimum absolute atomic E-state index is 0.0763. The molecule has 2 N–H and O–H groups in total. The normalized spacial score (nSPS) is 21.8. The van der Waals surface area contributed by atoms with Gasteiger partial charge in [0.15, 0.2) is 0 Å². The number of aromatic nitrogens is 1. The van der Waals surface area contributed by atoms with Crippen molar-refractivity contribution in [2.45, 2.75) is 33.3 Å². The van der Waals surface area contributed by atoms with E-state index in [-0.39, 0.29) is 12.0 Å². The summed E-state index contributed by atoms with van der Waals surface area (Å²) >= 11 is 0. The van der Waals surface area contributed by atoms with Crippen molar-refractivity contribution in [3.8, 4) is 0 Å². The smallest absolute Gasteiger partial charge is 0.254 e. The molecule has 0 saturated carbocycles. The standard InChI is InChI=1S/C15H23N3O2/c1-4-16-14-7-10(2)17-9-13(14)15(19)18-8-12-5-6-20-11(12)3/h7,9,11-12H,4-6,8H2,1-3H3,(H,16,17)(H,18,19). The summed E-state index contributed by atoms with van der Waals surface area (Å²) in [5, 5.41) is 6.20. The molecule has 0 aliphatic carbocycles. The lowest BCUT2D eigenvalue weighted by Gasteiger charge is -2.16. The zero-order chi connectivity index (χ0) is 14.5. The molecule has 0 bridgehead atoms. The highest BCUT2D eigenvalue weighted by Gasteiger charge is 2.25. The van der Waals surface area contributed by atoms with Crippen molar-refractivity contribution < 1.29 is 9.53 Å². The fourth-order valence-corrected chi connectivity index (χ4v) is 2.44. The maximum absolute atomic E-state index is 12.3. The summed E-state index contributed by atoms with van der Waals surface area (Å²) in [4.78, 5) is 16.5. The molecule has 5 heteroatoms. The summed E-state index contributed by atoms with van der Waals surface area (Å²) in [7, 11) is 0. The SMILES string of the molecule is CCNc1cc(C)ncc1C(=O)NCC1CCOC1C. The van der Waals surface area contributed by atoms with Gasteiger partial charge in [-0.2, -0.15) is 0 Å². The Balaban J connectivity index is 2.01. The van der Waals surface area contributed by atoms with Gasteiger partial charge in [-0.3, -0.25) is 9.78 Å². The molecule has 5 nitrogen and oxygen atoms in total. The van der Waals surface area contributed by atoms with Crippen LogP contribution in [-0.4, -0.2) is 36.7 Å². The Labute approximate surface area is 120 Å². The summed E-state index contributed by atoms with van der Waals surface area (Å²) in [5.74, 6) is 0.326. The number of nitrogens with one attached hydrogen (secondary N) is 2. The molecule has 1 aliphatic heterocycles. The fraction of sp³-hybridized carbons (Fsp3) is 0.600. The van der Waals surface area contributed by atoms with Crippen LogP contribution in [0.2, 0.25) is 0 Å². The molecular formula is C15H23N3O2. The second-order valence-electron chi connectivity index (χ2n) is 5.24. The van der Waals surface area contributed by atoms with E-state index in [2.05, 4.69) is 22.5 Å². The molecule has 2 heterocycles. The monoisotopic (exact) mass is 277 g/mol. The molecule has 2 atom stereocenters. The highest BCUT2D eigenvalue weighted by molar-refractivity contribution is 5.99. The van der Waals surface area contributed by atoms with Crippen molar-refractivity contribution in [3.63, 3.8) is 0 Å². The lowest BCUT2D eigenvalue weighted by atomic mass is 10.0. The van der Waals surface area contributed by atoms with Gasteiger partial charge >= 0.3 is 0 Å². The van der Waals surface area contributed by atoms with E-state index in [0.717, 1.165) is 31.0 Å². The van der Waals surface area contributed by atoms with Crippen LogP contribution in [0.25, 0.3) is 0 Å². The first-order valence-corrected chi connectivity index (χ1v) is 7.22. The van der Waals surface area contributed by atoms with Gasteiger partial charge in [0, 0.05) is 37.5 Å². The van der Waals surface area contributed by atoms with Crippen molar-refractivity contribution >= 4 is 11.6 Å². The molecule has 110 valence electrons. The van der Waals surface area contributed by atoms with Crippen LogP contribution < -0.4 is 10.6 Å². The molecule has 1 amide bonds. The Bertz CT molecular complexity index is 476. The van der Waals surface area contributed by atoms with Crippen LogP contribution in [0.15, 0.2) is 12.3 Å². The van der Waals surface area contributed by atoms with Crippen molar-refractivity contribution in [2.24, 2.45) is 5.92 Å². The Morgan fingerprint density at radius 1 is 1.55 bits per heavy atom. The number of ether oxygens (including phenoxy) is 1. The zero-order valence-corrected chi connectivity index (χ0v) is 12.4. The Morgan fingerprint density at radius 2 is 2.35 bits per heavy atom. The number of rotatable bonds is 5. The third-order valence-corrected chi connectivity index (χ3v) is 3.71. The summed E-state index contributed by atoms with van der Waals surface area (Å²) in [5.41, 5.74) is 2.34. The Morgan fingerprint density at radius 3 is 3.00 bits per heavy atom. The van der Waals surface area contributed by atoms with Gasteiger partial charge in [0.25, 0.3) is 5.91 Å². The summed E-state index contributed by atoms with van der Waals surface area (Å²) in [6.07, 6.45) is 2.87. The number of hydrogen-bond donors (Lipinski definition) is 2. The van der Waals surface area contributed by atoms with Gasteiger partial charge in [-0.1, -0.05) is 0 Å². The van der Waals surface area contributed by atoms with Crippen LogP contribution in [0.5, 0.6) is 0 Å². The fourth-order valence-electron chi connectivity index (χ4n) is 2.44. The number of amides is 1. The van der Waals surface area contributed by atoms with Gasteiger partial charge in [-0.05, 0) is 33.3 Å². The molecule has 0 spiro atoms. The number of aryl methyl sites for hydroxylation is 1. The highest BCUT2D eigenvalue weighted by atomic mass is 16.5. The zero-order valence-electron chi connectivity index (χ0n) is 12.4. The van der Waals surface area contributed by atoms with E-state index in [4.69, 9.17) is 4.74 Å². The molecule has 1 saturated heterocycles. The molecule has 1 aromatic heterocycles. The predicted octanol–water partition coefficient (Wildman–Crippen LogP) is 1.98. The molecule has 0 aromatic carbocycles. The quantitative estimate of drug-likeness (QED) is 0.864. The molecule has 20 heavy (non-hydrogen) atoms. The molecule has 1 fully saturated rings. The van der Waals surface area contributed by atoms with E-state index in [1.165, 1.54) is 0 Å². The maximum atomic E-state index is 12.3.